The van der Waals surface area contributed by atoms with Crippen LogP contribution in [0.4, 0.5) is 20.3 Å². The number of hydrogen-bond donors (Lipinski definition) is 2. The minimum atomic E-state index is -2.75. The van der Waals surface area contributed by atoms with Crippen molar-refractivity contribution in [1.82, 2.24) is 19.7 Å². The molecule has 1 aliphatic heterocycles. The fourth-order valence-corrected chi connectivity index (χ4v) is 3.11. The number of aromatic nitrogens is 4. The van der Waals surface area contributed by atoms with Gasteiger partial charge in [0.1, 0.15) is 12.1 Å². The van der Waals surface area contributed by atoms with Crippen molar-refractivity contribution >= 4 is 23.3 Å². The number of nitrogens with two attached hydrogens (primary N) is 1. The van der Waals surface area contributed by atoms with Gasteiger partial charge in [-0.2, -0.15) is 5.10 Å². The standard InChI is InChI=1S/C18H17F2N7O3/c1-26-7-11(14(25-26)15(21)28)23-16(29)12-8-30-17(24-12)10-2-4-22-13(6-10)27-5-3-18(19,20)9-27/h2,4,6-8H,3,5,9H2,1H3,(H2,21,28)(H,23,29). The van der Waals surface area contributed by atoms with E-state index in [2.05, 4.69) is 20.4 Å². The van der Waals surface area contributed by atoms with Crippen LogP contribution in [-0.2, 0) is 7.05 Å². The number of aryl methyl sites for hydroxylation is 1. The highest BCUT2D eigenvalue weighted by molar-refractivity contribution is 6.07. The Kier molecular flexibility index (Phi) is 4.68. The SMILES string of the molecule is Cn1cc(NC(=O)c2coc(-c3ccnc(N4CCC(F)(F)C4)c3)n2)c(C(N)=O)n1. The Morgan fingerprint density at radius 3 is 2.87 bits per heavy atom. The van der Waals surface area contributed by atoms with E-state index in [0.717, 1.165) is 6.26 Å². The molecule has 1 fully saturated rings. The fraction of sp³-hybridized carbons (Fsp3) is 0.278. The molecule has 2 amide bonds. The molecular weight excluding hydrogens is 400 g/mol. The van der Waals surface area contributed by atoms with Gasteiger partial charge in [-0.05, 0) is 12.1 Å². The lowest BCUT2D eigenvalue weighted by molar-refractivity contribution is 0.0256. The number of nitrogens with one attached hydrogen (secondary N) is 1. The molecule has 156 valence electrons. The van der Waals surface area contributed by atoms with Gasteiger partial charge in [0.05, 0.1) is 12.2 Å². The molecule has 10 nitrogen and oxygen atoms in total. The summed E-state index contributed by atoms with van der Waals surface area (Å²) < 4.78 is 33.7. The van der Waals surface area contributed by atoms with Gasteiger partial charge >= 0.3 is 0 Å². The summed E-state index contributed by atoms with van der Waals surface area (Å²) in [5, 5.41) is 6.40. The molecule has 0 unspecified atom stereocenters. The van der Waals surface area contributed by atoms with Crippen LogP contribution in [0.25, 0.3) is 11.5 Å². The Morgan fingerprint density at radius 2 is 2.17 bits per heavy atom. The van der Waals surface area contributed by atoms with Crippen molar-refractivity contribution in [3.8, 4) is 11.5 Å². The van der Waals surface area contributed by atoms with Gasteiger partial charge in [-0.25, -0.2) is 18.7 Å². The zero-order valence-electron chi connectivity index (χ0n) is 15.8. The molecule has 0 spiro atoms. The third kappa shape index (κ3) is 3.83. The number of halogens is 2. The Balaban J connectivity index is 1.53. The van der Waals surface area contributed by atoms with Gasteiger partial charge in [0.15, 0.2) is 11.4 Å². The number of amides is 2. The van der Waals surface area contributed by atoms with E-state index in [0.29, 0.717) is 11.4 Å². The molecule has 0 bridgehead atoms. The third-order valence-electron chi connectivity index (χ3n) is 4.53. The van der Waals surface area contributed by atoms with E-state index < -0.39 is 24.3 Å². The molecule has 0 aliphatic carbocycles. The Labute approximate surface area is 168 Å². The zero-order chi connectivity index (χ0) is 21.5. The summed E-state index contributed by atoms with van der Waals surface area (Å²) in [6.45, 7) is -0.216. The quantitative estimate of drug-likeness (QED) is 0.645. The molecule has 0 aromatic carbocycles. The summed E-state index contributed by atoms with van der Waals surface area (Å²) in [6, 6.07) is 3.17. The maximum absolute atomic E-state index is 13.5. The molecular formula is C18H17F2N7O3. The van der Waals surface area contributed by atoms with Crippen molar-refractivity contribution < 1.29 is 22.8 Å². The Bertz CT molecular complexity index is 1120. The van der Waals surface area contributed by atoms with E-state index >= 15 is 0 Å². The smallest absolute Gasteiger partial charge is 0.277 e. The van der Waals surface area contributed by atoms with Gasteiger partial charge < -0.3 is 20.4 Å². The normalized spacial score (nSPS) is 15.4. The second-order valence-corrected chi connectivity index (χ2v) is 6.85. The van der Waals surface area contributed by atoms with Crippen LogP contribution in [0.2, 0.25) is 0 Å². The Morgan fingerprint density at radius 1 is 1.37 bits per heavy atom. The molecule has 0 saturated carbocycles. The van der Waals surface area contributed by atoms with Crippen molar-refractivity contribution in [2.75, 3.05) is 23.3 Å². The molecule has 12 heteroatoms. The largest absolute Gasteiger partial charge is 0.444 e. The number of anilines is 2. The minimum absolute atomic E-state index is 0.0460. The van der Waals surface area contributed by atoms with Crippen molar-refractivity contribution in [1.29, 1.82) is 0 Å². The average molecular weight is 417 g/mol. The second kappa shape index (κ2) is 7.21. The van der Waals surface area contributed by atoms with E-state index in [1.54, 1.807) is 19.2 Å². The Hall–Kier alpha value is -3.83. The van der Waals surface area contributed by atoms with Crippen LogP contribution in [0.3, 0.4) is 0 Å². The van der Waals surface area contributed by atoms with Gasteiger partial charge in [-0.3, -0.25) is 14.3 Å². The van der Waals surface area contributed by atoms with Crippen molar-refractivity contribution in [3.05, 3.63) is 42.2 Å². The fourth-order valence-electron chi connectivity index (χ4n) is 3.11. The van der Waals surface area contributed by atoms with Crippen molar-refractivity contribution in [2.45, 2.75) is 12.3 Å². The molecule has 3 N–H and O–H groups in total. The topological polar surface area (TPSA) is 132 Å². The van der Waals surface area contributed by atoms with Crippen LogP contribution in [0.1, 0.15) is 27.4 Å². The van der Waals surface area contributed by atoms with Crippen molar-refractivity contribution in [3.63, 3.8) is 0 Å². The molecule has 1 aliphatic rings. The molecule has 1 saturated heterocycles. The molecule has 4 rings (SSSR count). The van der Waals surface area contributed by atoms with Gasteiger partial charge in [-0.15, -0.1) is 0 Å². The maximum atomic E-state index is 13.5. The average Bonchev–Trinajstić information content (AvgIpc) is 3.40. The van der Waals surface area contributed by atoms with E-state index in [1.807, 2.05) is 0 Å². The second-order valence-electron chi connectivity index (χ2n) is 6.85. The van der Waals surface area contributed by atoms with Crippen molar-refractivity contribution in [2.24, 2.45) is 12.8 Å². The summed E-state index contributed by atoms with van der Waals surface area (Å²) in [7, 11) is 1.58. The first-order valence-corrected chi connectivity index (χ1v) is 8.91. The number of carbonyl (C=O) groups excluding carboxylic acids is 2. The highest BCUT2D eigenvalue weighted by Gasteiger charge is 2.38. The molecule has 0 radical (unpaired) electrons. The molecule has 3 aromatic heterocycles. The van der Waals surface area contributed by atoms with Crippen LogP contribution < -0.4 is 16.0 Å². The first kappa shape index (κ1) is 19.5. The van der Waals surface area contributed by atoms with Gasteiger partial charge in [0.25, 0.3) is 17.7 Å². The predicted molar refractivity (Wildman–Crippen MR) is 101 cm³/mol. The number of nitrogens with zero attached hydrogens (tertiary/aromatic N) is 5. The first-order chi connectivity index (χ1) is 14.2. The molecule has 4 heterocycles. The third-order valence-corrected chi connectivity index (χ3v) is 4.53. The van der Waals surface area contributed by atoms with Crippen LogP contribution in [0, 0.1) is 0 Å². The summed E-state index contributed by atoms with van der Waals surface area (Å²) in [5.41, 5.74) is 5.73. The number of oxazole rings is 1. The number of primary amides is 1. The number of carbonyl (C=O) groups is 2. The highest BCUT2D eigenvalue weighted by atomic mass is 19.3. The number of pyridine rings is 1. The van der Waals surface area contributed by atoms with Gasteiger partial charge in [0.2, 0.25) is 5.89 Å². The van der Waals surface area contributed by atoms with Crippen LogP contribution in [0.5, 0.6) is 0 Å². The van der Waals surface area contributed by atoms with Gasteiger partial charge in [-0.1, -0.05) is 0 Å². The zero-order valence-corrected chi connectivity index (χ0v) is 15.8. The molecule has 0 atom stereocenters. The summed E-state index contributed by atoms with van der Waals surface area (Å²) in [4.78, 5) is 33.6. The summed E-state index contributed by atoms with van der Waals surface area (Å²) in [6.07, 6.45) is 3.80. The van der Waals surface area contributed by atoms with E-state index in [1.165, 1.54) is 22.0 Å². The first-order valence-electron chi connectivity index (χ1n) is 8.91. The lowest BCUT2D eigenvalue weighted by Crippen LogP contribution is -2.25. The lowest BCUT2D eigenvalue weighted by atomic mass is 10.2. The van der Waals surface area contributed by atoms with Crippen LogP contribution >= 0.6 is 0 Å². The van der Waals surface area contributed by atoms with E-state index in [9.17, 15) is 18.4 Å². The predicted octanol–water partition coefficient (Wildman–Crippen LogP) is 1.67. The lowest BCUT2D eigenvalue weighted by Gasteiger charge is -2.17. The molecule has 30 heavy (non-hydrogen) atoms. The maximum Gasteiger partial charge on any atom is 0.277 e. The van der Waals surface area contributed by atoms with Crippen LogP contribution in [-0.4, -0.2) is 50.6 Å². The monoisotopic (exact) mass is 417 g/mol. The molecule has 3 aromatic rings. The van der Waals surface area contributed by atoms with Gasteiger partial charge in [0, 0.05) is 38.0 Å². The van der Waals surface area contributed by atoms with E-state index in [-0.39, 0.29) is 35.9 Å². The number of hydrogen-bond acceptors (Lipinski definition) is 7. The summed E-state index contributed by atoms with van der Waals surface area (Å²) >= 11 is 0. The number of rotatable bonds is 5. The number of alkyl halides is 2. The van der Waals surface area contributed by atoms with Crippen LogP contribution in [0.15, 0.2) is 35.2 Å². The summed E-state index contributed by atoms with van der Waals surface area (Å²) in [5.74, 6) is -3.68. The minimum Gasteiger partial charge on any atom is -0.444 e. The van der Waals surface area contributed by atoms with E-state index in [4.69, 9.17) is 10.2 Å². The highest BCUT2D eigenvalue weighted by Crippen LogP contribution is 2.31.